The number of hydrogen-bond donors (Lipinski definition) is 0. The van der Waals surface area contributed by atoms with Crippen molar-refractivity contribution in [2.45, 2.75) is 74.0 Å². The highest BCUT2D eigenvalue weighted by Gasteiger charge is 2.59. The topological polar surface area (TPSA) is 110 Å². The molecule has 0 radical (unpaired) electrons. The van der Waals surface area contributed by atoms with E-state index >= 15 is 0 Å². The Hall–Kier alpha value is -2.93. The zero-order chi connectivity index (χ0) is 37.5. The van der Waals surface area contributed by atoms with Crippen molar-refractivity contribution in [3.8, 4) is 11.5 Å². The number of esters is 2. The Bertz CT molecular complexity index is 1530. The summed E-state index contributed by atoms with van der Waals surface area (Å²) >= 11 is 24.2. The molecule has 2 aromatic carbocycles. The first kappa shape index (κ1) is 41.5. The quantitative estimate of drug-likeness (QED) is 0.0437. The highest BCUT2D eigenvalue weighted by molar-refractivity contribution is 6.74. The molecule has 50 heavy (non-hydrogen) atoms. The average Bonchev–Trinajstić information content (AvgIpc) is 3.42. The number of alkyl halides is 3. The van der Waals surface area contributed by atoms with Crippen LogP contribution < -0.4 is 9.47 Å². The molecule has 0 unspecified atom stereocenters. The van der Waals surface area contributed by atoms with Crippen LogP contribution in [0.1, 0.15) is 44.9 Å². The van der Waals surface area contributed by atoms with Crippen LogP contribution in [0.4, 0.5) is 4.79 Å². The van der Waals surface area contributed by atoms with Crippen LogP contribution in [-0.4, -0.2) is 73.2 Å². The molecule has 15 heteroatoms. The van der Waals surface area contributed by atoms with Crippen LogP contribution in [0, 0.1) is 0 Å². The number of nitrogens with zero attached hydrogens (tertiary/aromatic N) is 1. The zero-order valence-corrected chi connectivity index (χ0v) is 33.0. The molecule has 0 fully saturated rings. The number of halogens is 4. The molecule has 274 valence electrons. The molecule has 0 aromatic heterocycles. The Morgan fingerprint density at radius 1 is 0.940 bits per heavy atom. The van der Waals surface area contributed by atoms with Crippen LogP contribution in [0.2, 0.25) is 23.2 Å². The van der Waals surface area contributed by atoms with Gasteiger partial charge in [-0.15, -0.1) is 0 Å². The van der Waals surface area contributed by atoms with Gasteiger partial charge in [-0.3, -0.25) is 0 Å². The van der Waals surface area contributed by atoms with Crippen LogP contribution >= 0.6 is 46.4 Å². The third kappa shape index (κ3) is 10.8. The van der Waals surface area contributed by atoms with E-state index in [9.17, 15) is 14.4 Å². The normalized spacial score (nSPS) is 15.0. The van der Waals surface area contributed by atoms with Crippen LogP contribution in [0.3, 0.4) is 0 Å². The molecule has 0 bridgehead atoms. The minimum Gasteiger partial charge on any atom is -0.455 e. The van der Waals surface area contributed by atoms with Crippen molar-refractivity contribution in [1.82, 2.24) is 4.90 Å². The van der Waals surface area contributed by atoms with Crippen LogP contribution in [-0.2, 0) is 34.6 Å². The monoisotopic (exact) mass is 789 g/mol. The predicted molar refractivity (Wildman–Crippen MR) is 197 cm³/mol. The van der Waals surface area contributed by atoms with Gasteiger partial charge in [-0.05, 0) is 66.9 Å². The summed E-state index contributed by atoms with van der Waals surface area (Å²) in [6, 6.07) is 11.6. The second kappa shape index (κ2) is 17.1. The first-order chi connectivity index (χ1) is 23.2. The molecular formula is C35H43Cl4NO9Si. The molecule has 2 atom stereocenters. The number of fused-ring (bicyclic) bond motifs is 1. The minimum absolute atomic E-state index is 0.0741. The maximum atomic E-state index is 13.7. The Kier molecular flexibility index (Phi) is 14.2. The molecule has 0 saturated heterocycles. The smallest absolute Gasteiger partial charge is 0.453 e. The lowest BCUT2D eigenvalue weighted by atomic mass is 10.0. The lowest BCUT2D eigenvalue weighted by molar-refractivity contribution is -0.201. The van der Waals surface area contributed by atoms with Gasteiger partial charge in [0.05, 0.1) is 12.6 Å². The minimum atomic E-state index is -2.53. The third-order valence-corrected chi connectivity index (χ3v) is 13.2. The van der Waals surface area contributed by atoms with E-state index in [0.717, 1.165) is 5.56 Å². The second-order valence-electron chi connectivity index (χ2n) is 13.2. The first-order valence-corrected chi connectivity index (χ1v) is 20.2. The van der Waals surface area contributed by atoms with Crippen molar-refractivity contribution in [2.75, 3.05) is 26.4 Å². The summed E-state index contributed by atoms with van der Waals surface area (Å²) in [6.45, 7) is 18.7. The zero-order valence-electron chi connectivity index (χ0n) is 28.9. The number of hydrogen-bond acceptors (Lipinski definition) is 9. The maximum Gasteiger partial charge on any atom is 0.453 e. The van der Waals surface area contributed by atoms with Gasteiger partial charge in [0.25, 0.3) is 0 Å². The van der Waals surface area contributed by atoms with E-state index in [4.69, 9.17) is 74.5 Å². The SMILES string of the molecule is C=CCOC(=O)C1(C(=O)OCC=C)Oc2ccc(C[C@@H](C)N(C[C@H](O[Si](C)(C)C(C)(C)C)c3cccc(Cl)c3)C(=O)OCC(Cl)(Cl)Cl)cc2O1. The summed E-state index contributed by atoms with van der Waals surface area (Å²) < 4.78 is 32.3. The van der Waals surface area contributed by atoms with E-state index in [1.54, 1.807) is 30.3 Å². The molecule has 2 aromatic rings. The molecule has 3 rings (SSSR count). The van der Waals surface area contributed by atoms with Crippen molar-refractivity contribution < 1.29 is 42.5 Å². The van der Waals surface area contributed by atoms with Crippen LogP contribution in [0.25, 0.3) is 0 Å². The standard InChI is InChI=1S/C35H43Cl4NO9Si/c1-9-16-44-30(41)35(31(42)45-17-10-2)47-27-15-14-24(19-28(27)48-35)18-23(3)40(32(43)46-22-34(37,38)39)21-29(25-12-11-13-26(36)20-25)49-50(7,8)33(4,5)6/h9-15,19-20,23,29H,1-2,16-18,21-22H2,3-8H3/t23-,29+/m1/s1. The molecule has 0 N–H and O–H groups in total. The van der Waals surface area contributed by atoms with Gasteiger partial charge >= 0.3 is 23.8 Å². The van der Waals surface area contributed by atoms with E-state index in [2.05, 4.69) is 47.0 Å². The van der Waals surface area contributed by atoms with Crippen LogP contribution in [0.15, 0.2) is 67.8 Å². The second-order valence-corrected chi connectivity index (χ2v) is 20.9. The highest BCUT2D eigenvalue weighted by Crippen LogP contribution is 2.43. The van der Waals surface area contributed by atoms with Gasteiger partial charge in [-0.1, -0.05) is 111 Å². The van der Waals surface area contributed by atoms with Crippen molar-refractivity contribution in [3.05, 3.63) is 83.9 Å². The van der Waals surface area contributed by atoms with Crippen molar-refractivity contribution in [3.63, 3.8) is 0 Å². The summed E-state index contributed by atoms with van der Waals surface area (Å²) in [5, 5.41) is 0.372. The van der Waals surface area contributed by atoms with Gasteiger partial charge in [-0.25, -0.2) is 14.4 Å². The number of benzene rings is 2. The number of ether oxygens (including phenoxy) is 5. The van der Waals surface area contributed by atoms with Crippen molar-refractivity contribution in [2.24, 2.45) is 0 Å². The number of amides is 1. The van der Waals surface area contributed by atoms with Crippen molar-refractivity contribution in [1.29, 1.82) is 0 Å². The Balaban J connectivity index is 1.97. The molecule has 0 spiro atoms. The molecule has 1 heterocycles. The maximum absolute atomic E-state index is 13.7. The van der Waals surface area contributed by atoms with Crippen molar-refractivity contribution >= 4 is 72.8 Å². The Morgan fingerprint density at radius 2 is 1.54 bits per heavy atom. The molecule has 0 saturated carbocycles. The van der Waals surface area contributed by atoms with E-state index in [1.807, 2.05) is 19.1 Å². The molecule has 1 aliphatic rings. The summed E-state index contributed by atoms with van der Waals surface area (Å²) in [7, 11) is -2.39. The number of rotatable bonds is 15. The van der Waals surface area contributed by atoms with E-state index in [0.29, 0.717) is 10.6 Å². The molecule has 0 aliphatic carbocycles. The third-order valence-electron chi connectivity index (χ3n) is 8.20. The Labute approximate surface area is 314 Å². The lowest BCUT2D eigenvalue weighted by Gasteiger charge is -2.41. The first-order valence-electron chi connectivity index (χ1n) is 15.7. The summed E-state index contributed by atoms with van der Waals surface area (Å²) in [6.07, 6.45) is 1.61. The predicted octanol–water partition coefficient (Wildman–Crippen LogP) is 8.77. The van der Waals surface area contributed by atoms with Gasteiger partial charge < -0.3 is 33.0 Å². The van der Waals surface area contributed by atoms with E-state index < -0.39 is 54.7 Å². The lowest BCUT2D eigenvalue weighted by Crippen LogP contribution is -2.56. The fourth-order valence-electron chi connectivity index (χ4n) is 4.62. The molecular weight excluding hydrogens is 748 g/mol. The molecule has 1 aliphatic heterocycles. The molecule has 1 amide bonds. The average molecular weight is 792 g/mol. The number of carbonyl (C=O) groups excluding carboxylic acids is 3. The van der Waals surface area contributed by atoms with Gasteiger partial charge in [0.1, 0.15) is 19.8 Å². The van der Waals surface area contributed by atoms with Gasteiger partial charge in [0.2, 0.25) is 3.79 Å². The van der Waals surface area contributed by atoms with Gasteiger partial charge in [0, 0.05) is 11.1 Å². The largest absolute Gasteiger partial charge is 0.455 e. The molecule has 10 nitrogen and oxygen atoms in total. The van der Waals surface area contributed by atoms with E-state index in [1.165, 1.54) is 17.1 Å². The van der Waals surface area contributed by atoms with Gasteiger partial charge in [-0.2, -0.15) is 0 Å². The fraction of sp³-hybridized carbons (Fsp3) is 0.457. The summed E-state index contributed by atoms with van der Waals surface area (Å²) in [5.41, 5.74) is 1.44. The fourth-order valence-corrected chi connectivity index (χ4v) is 6.26. The summed E-state index contributed by atoms with van der Waals surface area (Å²) in [5.74, 6) is -4.57. The highest BCUT2D eigenvalue weighted by atomic mass is 35.6. The Morgan fingerprint density at radius 3 is 2.08 bits per heavy atom. The van der Waals surface area contributed by atoms with E-state index in [-0.39, 0.29) is 42.7 Å². The number of carbonyl (C=O) groups is 3. The van der Waals surface area contributed by atoms with Gasteiger partial charge in [0.15, 0.2) is 19.8 Å². The van der Waals surface area contributed by atoms with Crippen LogP contribution in [0.5, 0.6) is 11.5 Å². The summed E-state index contributed by atoms with van der Waals surface area (Å²) in [4.78, 5) is 41.2.